The molecule has 1 N–H and O–H groups in total. The molecule has 1 unspecified atom stereocenters. The van der Waals surface area contributed by atoms with Gasteiger partial charge in [-0.25, -0.2) is 0 Å². The van der Waals surface area contributed by atoms with Gasteiger partial charge in [0, 0.05) is 51.4 Å². The van der Waals surface area contributed by atoms with Crippen LogP contribution >= 0.6 is 11.3 Å². The molecule has 2 amide bonds. The Kier molecular flexibility index (Phi) is 6.25. The van der Waals surface area contributed by atoms with Crippen LogP contribution in [0.3, 0.4) is 0 Å². The Balaban J connectivity index is 1.14. The first kappa shape index (κ1) is 21.2. The molecule has 170 valence electrons. The van der Waals surface area contributed by atoms with E-state index in [2.05, 4.69) is 49.6 Å². The van der Waals surface area contributed by atoms with Crippen molar-refractivity contribution in [3.63, 3.8) is 0 Å². The van der Waals surface area contributed by atoms with Crippen molar-refractivity contribution in [2.45, 2.75) is 38.5 Å². The molecule has 4 heterocycles. The van der Waals surface area contributed by atoms with Crippen molar-refractivity contribution in [3.8, 4) is 0 Å². The number of piperidine rings is 1. The van der Waals surface area contributed by atoms with Crippen LogP contribution in [-0.4, -0.2) is 61.3 Å². The molecule has 0 spiro atoms. The van der Waals surface area contributed by atoms with E-state index in [9.17, 15) is 9.59 Å². The zero-order valence-electron chi connectivity index (χ0n) is 18.3. The molecular weight excluding hydrogens is 424 g/mol. The molecule has 2 saturated heterocycles. The lowest BCUT2D eigenvalue weighted by Crippen LogP contribution is -2.45. The highest BCUT2D eigenvalue weighted by Gasteiger charge is 2.30. The first-order valence-corrected chi connectivity index (χ1v) is 12.5. The topological polar surface area (TPSA) is 81.7 Å². The summed E-state index contributed by atoms with van der Waals surface area (Å²) in [6.07, 6.45) is 5.61. The molecule has 1 atom stereocenters. The molecule has 1 aromatic carbocycles. The Bertz CT molecular complexity index is 979. The monoisotopic (exact) mass is 454 g/mol. The minimum absolute atomic E-state index is 0.0434. The van der Waals surface area contributed by atoms with Gasteiger partial charge in [0.25, 0.3) is 0 Å². The fraction of sp³-hybridized carbons (Fsp3) is 0.565. The summed E-state index contributed by atoms with van der Waals surface area (Å²) in [5, 5.41) is 13.2. The maximum atomic E-state index is 12.9. The number of nitrogens with one attached hydrogen (secondary N) is 1. The Morgan fingerprint density at radius 2 is 1.91 bits per heavy atom. The predicted octanol–water partition coefficient (Wildman–Crippen LogP) is 2.45. The van der Waals surface area contributed by atoms with Gasteiger partial charge in [0.15, 0.2) is 0 Å². The second-order valence-electron chi connectivity index (χ2n) is 8.81. The van der Waals surface area contributed by atoms with Crippen molar-refractivity contribution in [1.29, 1.82) is 0 Å². The van der Waals surface area contributed by atoms with Gasteiger partial charge < -0.3 is 15.1 Å². The molecule has 3 aliphatic heterocycles. The van der Waals surface area contributed by atoms with Crippen molar-refractivity contribution in [3.05, 3.63) is 29.8 Å². The summed E-state index contributed by atoms with van der Waals surface area (Å²) in [5.41, 5.74) is 2.71. The standard InChI is InChI=1S/C23H30N6O2S/c30-20-10-5-14-29(20)23-26-25-22(32-23)28-13-4-8-18(16-28)21(31)24-11-15-27-12-3-7-17-6-1-2-9-19(17)27/h1-2,6,9,18H,3-5,7-8,10-16H2,(H,24,31). The van der Waals surface area contributed by atoms with Gasteiger partial charge >= 0.3 is 0 Å². The molecule has 8 nitrogen and oxygen atoms in total. The number of para-hydroxylation sites is 1. The molecule has 0 aliphatic carbocycles. The first-order chi connectivity index (χ1) is 15.7. The smallest absolute Gasteiger partial charge is 0.228 e. The Morgan fingerprint density at radius 1 is 1.06 bits per heavy atom. The van der Waals surface area contributed by atoms with Gasteiger partial charge in [-0.05, 0) is 43.7 Å². The number of amides is 2. The number of rotatable bonds is 6. The fourth-order valence-electron chi connectivity index (χ4n) is 4.96. The molecule has 2 aromatic rings. The molecule has 5 rings (SSSR count). The number of carbonyl (C=O) groups is 2. The minimum Gasteiger partial charge on any atom is -0.370 e. The lowest BCUT2D eigenvalue weighted by Gasteiger charge is -2.33. The largest absolute Gasteiger partial charge is 0.370 e. The van der Waals surface area contributed by atoms with Gasteiger partial charge in [-0.1, -0.05) is 29.5 Å². The highest BCUT2D eigenvalue weighted by atomic mass is 32.1. The Hall–Kier alpha value is -2.68. The summed E-state index contributed by atoms with van der Waals surface area (Å²) >= 11 is 1.45. The molecule has 0 bridgehead atoms. The van der Waals surface area contributed by atoms with E-state index in [1.807, 2.05) is 0 Å². The van der Waals surface area contributed by atoms with E-state index in [1.54, 1.807) is 4.90 Å². The van der Waals surface area contributed by atoms with E-state index in [0.29, 0.717) is 24.6 Å². The maximum Gasteiger partial charge on any atom is 0.228 e. The SMILES string of the molecule is O=C(NCCN1CCCc2ccccc21)C1CCCN(c2nnc(N3CCCC3=O)s2)C1. The number of aryl methyl sites for hydroxylation is 1. The van der Waals surface area contributed by atoms with Crippen molar-refractivity contribution in [2.75, 3.05) is 54.0 Å². The van der Waals surface area contributed by atoms with E-state index in [1.165, 1.54) is 22.6 Å². The molecule has 3 aliphatic rings. The van der Waals surface area contributed by atoms with Crippen LogP contribution in [0.25, 0.3) is 0 Å². The van der Waals surface area contributed by atoms with Crippen LogP contribution in [-0.2, 0) is 16.0 Å². The summed E-state index contributed by atoms with van der Waals surface area (Å²) in [6, 6.07) is 8.57. The molecular formula is C23H30N6O2S. The Labute approximate surface area is 192 Å². The van der Waals surface area contributed by atoms with E-state index < -0.39 is 0 Å². The first-order valence-electron chi connectivity index (χ1n) is 11.7. The molecule has 1 aromatic heterocycles. The summed E-state index contributed by atoms with van der Waals surface area (Å²) in [5.74, 6) is 0.206. The third kappa shape index (κ3) is 4.44. The van der Waals surface area contributed by atoms with Gasteiger partial charge in [-0.15, -0.1) is 10.2 Å². The fourth-order valence-corrected chi connectivity index (χ4v) is 5.89. The highest BCUT2D eigenvalue weighted by molar-refractivity contribution is 7.19. The number of carbonyl (C=O) groups excluding carboxylic acids is 2. The van der Waals surface area contributed by atoms with Crippen LogP contribution in [0.1, 0.15) is 37.7 Å². The molecule has 9 heteroatoms. The number of hydrogen-bond acceptors (Lipinski definition) is 7. The lowest BCUT2D eigenvalue weighted by molar-refractivity contribution is -0.125. The van der Waals surface area contributed by atoms with Crippen LogP contribution in [0.15, 0.2) is 24.3 Å². The number of benzene rings is 1. The van der Waals surface area contributed by atoms with Crippen LogP contribution in [0.5, 0.6) is 0 Å². The third-order valence-corrected chi connectivity index (χ3v) is 7.67. The van der Waals surface area contributed by atoms with E-state index in [0.717, 1.165) is 63.4 Å². The van der Waals surface area contributed by atoms with Crippen molar-refractivity contribution in [2.24, 2.45) is 5.92 Å². The van der Waals surface area contributed by atoms with E-state index in [-0.39, 0.29) is 17.7 Å². The van der Waals surface area contributed by atoms with Gasteiger partial charge in [0.1, 0.15) is 0 Å². The van der Waals surface area contributed by atoms with Gasteiger partial charge in [0.05, 0.1) is 5.92 Å². The summed E-state index contributed by atoms with van der Waals surface area (Å²) < 4.78 is 0. The van der Waals surface area contributed by atoms with E-state index in [4.69, 9.17) is 0 Å². The zero-order chi connectivity index (χ0) is 21.9. The van der Waals surface area contributed by atoms with Crippen molar-refractivity contribution >= 4 is 39.1 Å². The van der Waals surface area contributed by atoms with Gasteiger partial charge in [0.2, 0.25) is 22.1 Å². The predicted molar refractivity (Wildman–Crippen MR) is 126 cm³/mol. The highest BCUT2D eigenvalue weighted by Crippen LogP contribution is 2.32. The molecule has 2 fully saturated rings. The van der Waals surface area contributed by atoms with E-state index >= 15 is 0 Å². The third-order valence-electron chi connectivity index (χ3n) is 6.66. The average molecular weight is 455 g/mol. The number of anilines is 3. The number of fused-ring (bicyclic) bond motifs is 1. The summed E-state index contributed by atoms with van der Waals surface area (Å²) in [4.78, 5) is 31.1. The summed E-state index contributed by atoms with van der Waals surface area (Å²) in [6.45, 7) is 4.79. The van der Waals surface area contributed by atoms with Crippen LogP contribution in [0.2, 0.25) is 0 Å². The molecule has 32 heavy (non-hydrogen) atoms. The average Bonchev–Trinajstić information content (AvgIpc) is 3.48. The van der Waals surface area contributed by atoms with Crippen molar-refractivity contribution < 1.29 is 9.59 Å². The number of hydrogen-bond donors (Lipinski definition) is 1. The second-order valence-corrected chi connectivity index (χ2v) is 9.75. The zero-order valence-corrected chi connectivity index (χ0v) is 19.1. The maximum absolute atomic E-state index is 12.9. The van der Waals surface area contributed by atoms with Crippen molar-refractivity contribution in [1.82, 2.24) is 15.5 Å². The number of nitrogens with zero attached hydrogens (tertiary/aromatic N) is 5. The minimum atomic E-state index is -0.0434. The number of aromatic nitrogens is 2. The Morgan fingerprint density at radius 3 is 2.78 bits per heavy atom. The normalized spacial score (nSPS) is 21.1. The molecule has 0 radical (unpaired) electrons. The quantitative estimate of drug-likeness (QED) is 0.722. The van der Waals surface area contributed by atoms with Gasteiger partial charge in [-0.2, -0.15) is 0 Å². The van der Waals surface area contributed by atoms with Crippen LogP contribution in [0.4, 0.5) is 16.0 Å². The van der Waals surface area contributed by atoms with Crippen LogP contribution < -0.4 is 20.0 Å². The second kappa shape index (κ2) is 9.44. The lowest BCUT2D eigenvalue weighted by atomic mass is 9.97. The summed E-state index contributed by atoms with van der Waals surface area (Å²) in [7, 11) is 0. The van der Waals surface area contributed by atoms with Gasteiger partial charge in [-0.3, -0.25) is 14.5 Å². The molecule has 0 saturated carbocycles. The van der Waals surface area contributed by atoms with Crippen LogP contribution in [0, 0.1) is 5.92 Å².